The molecule has 2 aromatic heterocycles. The molecule has 4 N–H and O–H groups in total. The molecule has 2 aromatic carbocycles. The Balaban J connectivity index is 1.60. The molecule has 0 aliphatic carbocycles. The van der Waals surface area contributed by atoms with E-state index in [1.807, 2.05) is 26.1 Å². The maximum atomic E-state index is 11.6. The van der Waals surface area contributed by atoms with Gasteiger partial charge in [-0.3, -0.25) is 4.79 Å². The van der Waals surface area contributed by atoms with E-state index >= 15 is 0 Å². The van der Waals surface area contributed by atoms with E-state index < -0.39 is 0 Å². The Hall–Kier alpha value is -4.10. The van der Waals surface area contributed by atoms with Gasteiger partial charge >= 0.3 is 0 Å². The summed E-state index contributed by atoms with van der Waals surface area (Å²) in [6.45, 7) is 7.21. The number of hydrogen-bond acceptors (Lipinski definition) is 5. The molecule has 2 heterocycles. The van der Waals surface area contributed by atoms with E-state index in [0.29, 0.717) is 11.4 Å². The lowest BCUT2D eigenvalue weighted by Crippen LogP contribution is -2.17. The minimum absolute atomic E-state index is 0.270. The number of likely N-dealkylation sites (N-methyl/N-ethyl adjacent to an activating group) is 1. The Morgan fingerprint density at radius 3 is 2.70 bits per heavy atom. The molecular formula is C26H27N5O2. The Kier molecular flexibility index (Phi) is 6.71. The molecule has 7 heteroatoms. The van der Waals surface area contributed by atoms with E-state index in [4.69, 9.17) is 4.74 Å². The van der Waals surface area contributed by atoms with Crippen LogP contribution >= 0.6 is 0 Å². The van der Waals surface area contributed by atoms with Crippen molar-refractivity contribution in [1.29, 1.82) is 0 Å². The Morgan fingerprint density at radius 1 is 1.12 bits per heavy atom. The minimum atomic E-state index is -0.270. The molecule has 0 atom stereocenters. The molecular weight excluding hydrogens is 414 g/mol. The fourth-order valence-corrected chi connectivity index (χ4v) is 3.49. The van der Waals surface area contributed by atoms with Crippen LogP contribution in [0.4, 0.5) is 11.4 Å². The molecule has 0 saturated heterocycles. The zero-order valence-corrected chi connectivity index (χ0v) is 18.7. The number of rotatable bonds is 9. The van der Waals surface area contributed by atoms with Gasteiger partial charge in [0.1, 0.15) is 17.1 Å². The highest BCUT2D eigenvalue weighted by atomic mass is 16.5. The van der Waals surface area contributed by atoms with Gasteiger partial charge in [-0.2, -0.15) is 0 Å². The molecule has 0 unspecified atom stereocenters. The Labute approximate surface area is 192 Å². The number of fused-ring (bicyclic) bond motifs is 1. The third kappa shape index (κ3) is 5.22. The highest BCUT2D eigenvalue weighted by Gasteiger charge is 2.13. The van der Waals surface area contributed by atoms with Crippen molar-refractivity contribution in [3.05, 3.63) is 79.0 Å². The third-order valence-electron chi connectivity index (χ3n) is 5.19. The number of amides is 1. The monoisotopic (exact) mass is 441 g/mol. The fraction of sp³-hybridized carbons (Fsp3) is 0.154. The van der Waals surface area contributed by atoms with Crippen LogP contribution in [0.3, 0.4) is 0 Å². The average molecular weight is 442 g/mol. The van der Waals surface area contributed by atoms with Crippen molar-refractivity contribution < 1.29 is 9.53 Å². The maximum Gasteiger partial charge on any atom is 0.247 e. The van der Waals surface area contributed by atoms with Crippen LogP contribution in [0.25, 0.3) is 22.3 Å². The van der Waals surface area contributed by atoms with Crippen LogP contribution in [0.1, 0.15) is 5.56 Å². The highest BCUT2D eigenvalue weighted by molar-refractivity contribution is 5.99. The number of aryl methyl sites for hydroxylation is 1. The number of aromatic nitrogens is 2. The minimum Gasteiger partial charge on any atom is -0.456 e. The van der Waals surface area contributed by atoms with Gasteiger partial charge in [0, 0.05) is 48.0 Å². The van der Waals surface area contributed by atoms with Crippen LogP contribution in [0.5, 0.6) is 11.5 Å². The summed E-state index contributed by atoms with van der Waals surface area (Å²) in [6, 6.07) is 17.6. The summed E-state index contributed by atoms with van der Waals surface area (Å²) in [5.74, 6) is 1.07. The SMILES string of the molecule is C=CC(=O)Nc1cccc(Oc2c(C)cnc3[nH]c(-c4ccc(NCCNC)cc4)cc23)c1. The van der Waals surface area contributed by atoms with Crippen LogP contribution in [-0.4, -0.2) is 36.0 Å². The van der Waals surface area contributed by atoms with E-state index in [2.05, 4.69) is 62.8 Å². The van der Waals surface area contributed by atoms with Crippen molar-refractivity contribution >= 4 is 28.3 Å². The van der Waals surface area contributed by atoms with Crippen molar-refractivity contribution in [1.82, 2.24) is 15.3 Å². The van der Waals surface area contributed by atoms with Crippen molar-refractivity contribution in [2.75, 3.05) is 30.8 Å². The van der Waals surface area contributed by atoms with Gasteiger partial charge in [0.15, 0.2) is 0 Å². The normalized spacial score (nSPS) is 10.7. The standard InChI is InChI=1S/C26H27N5O2/c1-4-24(32)30-20-6-5-7-21(14-20)33-25-17(2)16-29-26-22(25)15-23(31-26)18-8-10-19(11-9-18)28-13-12-27-3/h4-11,14-16,27-28H,1,12-13H2,2-3H3,(H,29,31)(H,30,32). The second-order valence-corrected chi connectivity index (χ2v) is 7.65. The second-order valence-electron chi connectivity index (χ2n) is 7.65. The lowest BCUT2D eigenvalue weighted by molar-refractivity contribution is -0.111. The molecule has 7 nitrogen and oxygen atoms in total. The lowest BCUT2D eigenvalue weighted by atomic mass is 10.1. The third-order valence-corrected chi connectivity index (χ3v) is 5.19. The van der Waals surface area contributed by atoms with Gasteiger partial charge in [-0.05, 0) is 55.9 Å². The largest absolute Gasteiger partial charge is 0.456 e. The lowest BCUT2D eigenvalue weighted by Gasteiger charge is -2.11. The van der Waals surface area contributed by atoms with E-state index in [1.165, 1.54) is 6.08 Å². The number of pyridine rings is 1. The molecule has 33 heavy (non-hydrogen) atoms. The van der Waals surface area contributed by atoms with E-state index in [1.54, 1.807) is 18.3 Å². The molecule has 0 radical (unpaired) electrons. The van der Waals surface area contributed by atoms with Gasteiger partial charge in [-0.15, -0.1) is 0 Å². The summed E-state index contributed by atoms with van der Waals surface area (Å²) in [4.78, 5) is 19.5. The zero-order valence-electron chi connectivity index (χ0n) is 18.7. The fourth-order valence-electron chi connectivity index (χ4n) is 3.49. The molecule has 0 aliphatic heterocycles. The van der Waals surface area contributed by atoms with Crippen molar-refractivity contribution in [2.24, 2.45) is 0 Å². The topological polar surface area (TPSA) is 91.1 Å². The molecule has 4 aromatic rings. The van der Waals surface area contributed by atoms with Gasteiger partial charge in [-0.25, -0.2) is 4.98 Å². The van der Waals surface area contributed by atoms with Crippen molar-refractivity contribution in [3.63, 3.8) is 0 Å². The van der Waals surface area contributed by atoms with Gasteiger partial charge in [0.05, 0.1) is 5.39 Å². The number of anilines is 2. The first-order valence-electron chi connectivity index (χ1n) is 10.8. The summed E-state index contributed by atoms with van der Waals surface area (Å²) in [5.41, 5.74) is 5.40. The molecule has 0 spiro atoms. The molecule has 4 rings (SSSR count). The Bertz CT molecular complexity index is 1280. The first kappa shape index (κ1) is 22.1. The smallest absolute Gasteiger partial charge is 0.247 e. The predicted molar refractivity (Wildman–Crippen MR) is 134 cm³/mol. The molecule has 0 bridgehead atoms. The highest BCUT2D eigenvalue weighted by Crippen LogP contribution is 2.35. The molecule has 0 saturated carbocycles. The van der Waals surface area contributed by atoms with Gasteiger partial charge in [0.25, 0.3) is 0 Å². The number of H-pyrrole nitrogens is 1. The van der Waals surface area contributed by atoms with Gasteiger partial charge in [0.2, 0.25) is 5.91 Å². The summed E-state index contributed by atoms with van der Waals surface area (Å²) in [6.07, 6.45) is 3.02. The van der Waals surface area contributed by atoms with E-state index in [9.17, 15) is 4.79 Å². The first-order valence-corrected chi connectivity index (χ1v) is 10.8. The average Bonchev–Trinajstić information content (AvgIpc) is 3.26. The zero-order chi connectivity index (χ0) is 23.2. The summed E-state index contributed by atoms with van der Waals surface area (Å²) in [5, 5.41) is 10.1. The molecule has 1 amide bonds. The van der Waals surface area contributed by atoms with Crippen molar-refractivity contribution in [2.45, 2.75) is 6.92 Å². The molecule has 168 valence electrons. The predicted octanol–water partition coefficient (Wildman–Crippen LogP) is 5.09. The van der Waals surface area contributed by atoms with Gasteiger partial charge < -0.3 is 25.7 Å². The Morgan fingerprint density at radius 2 is 1.94 bits per heavy atom. The maximum absolute atomic E-state index is 11.6. The van der Waals surface area contributed by atoms with Crippen LogP contribution in [0, 0.1) is 6.92 Å². The van der Waals surface area contributed by atoms with E-state index in [-0.39, 0.29) is 5.91 Å². The number of aromatic amines is 1. The number of nitrogens with one attached hydrogen (secondary N) is 4. The van der Waals surface area contributed by atoms with E-state index in [0.717, 1.165) is 52.4 Å². The molecule has 0 fully saturated rings. The number of ether oxygens (including phenoxy) is 1. The van der Waals surface area contributed by atoms with Crippen LogP contribution < -0.4 is 20.7 Å². The number of carbonyl (C=O) groups excluding carboxylic acids is 1. The number of hydrogen-bond donors (Lipinski definition) is 4. The van der Waals surface area contributed by atoms with Crippen LogP contribution in [0.15, 0.2) is 73.4 Å². The number of benzene rings is 2. The van der Waals surface area contributed by atoms with Gasteiger partial charge in [-0.1, -0.05) is 24.8 Å². The summed E-state index contributed by atoms with van der Waals surface area (Å²) >= 11 is 0. The second kappa shape index (κ2) is 10.0. The summed E-state index contributed by atoms with van der Waals surface area (Å²) < 4.78 is 6.25. The van der Waals surface area contributed by atoms with Crippen LogP contribution in [0.2, 0.25) is 0 Å². The number of carbonyl (C=O) groups is 1. The quantitative estimate of drug-likeness (QED) is 0.215. The first-order chi connectivity index (χ1) is 16.1. The van der Waals surface area contributed by atoms with Crippen LogP contribution in [-0.2, 0) is 4.79 Å². The molecule has 0 aliphatic rings. The number of nitrogens with zero attached hydrogens (tertiary/aromatic N) is 1. The van der Waals surface area contributed by atoms with Crippen molar-refractivity contribution in [3.8, 4) is 22.8 Å². The summed E-state index contributed by atoms with van der Waals surface area (Å²) in [7, 11) is 1.94.